The second kappa shape index (κ2) is 5.64. The smallest absolute Gasteiger partial charge is 0.312 e. The van der Waals surface area contributed by atoms with E-state index in [-0.39, 0.29) is 5.97 Å². The molecule has 0 aromatic carbocycles. The number of nitrogens with one attached hydrogen (secondary N) is 1. The van der Waals surface area contributed by atoms with Crippen molar-refractivity contribution >= 4 is 5.97 Å². The van der Waals surface area contributed by atoms with E-state index in [0.717, 1.165) is 19.6 Å². The van der Waals surface area contributed by atoms with Gasteiger partial charge in [0, 0.05) is 19.2 Å². The molecular weight excluding hydrogens is 206 g/mol. The van der Waals surface area contributed by atoms with Crippen LogP contribution in [0.25, 0.3) is 0 Å². The van der Waals surface area contributed by atoms with Gasteiger partial charge in [-0.1, -0.05) is 0 Å². The highest BCUT2D eigenvalue weighted by Gasteiger charge is 2.30. The van der Waals surface area contributed by atoms with E-state index in [1.165, 1.54) is 7.11 Å². The first-order valence-corrected chi connectivity index (χ1v) is 5.87. The van der Waals surface area contributed by atoms with Crippen LogP contribution in [0.4, 0.5) is 0 Å². The first-order chi connectivity index (χ1) is 7.47. The van der Waals surface area contributed by atoms with Crippen LogP contribution in [0.3, 0.4) is 0 Å². The number of esters is 1. The second-order valence-electron chi connectivity index (χ2n) is 5.17. The van der Waals surface area contributed by atoms with Crippen molar-refractivity contribution in [2.45, 2.75) is 33.2 Å². The number of ether oxygens (including phenoxy) is 2. The Bertz CT molecular complexity index is 234. The van der Waals surface area contributed by atoms with E-state index in [1.807, 2.05) is 13.8 Å². The summed E-state index contributed by atoms with van der Waals surface area (Å²) < 4.78 is 10.1. The molecule has 1 rings (SSSR count). The first kappa shape index (κ1) is 13.5. The number of hydrogen-bond donors (Lipinski definition) is 1. The van der Waals surface area contributed by atoms with Crippen molar-refractivity contribution < 1.29 is 14.3 Å². The molecule has 1 saturated heterocycles. The molecule has 0 aromatic rings. The molecule has 1 fully saturated rings. The third kappa shape index (κ3) is 3.46. The minimum absolute atomic E-state index is 0.171. The van der Waals surface area contributed by atoms with Crippen LogP contribution in [0.2, 0.25) is 0 Å². The van der Waals surface area contributed by atoms with Gasteiger partial charge in [-0.25, -0.2) is 0 Å². The molecule has 4 nitrogen and oxygen atoms in total. The van der Waals surface area contributed by atoms with Crippen LogP contribution >= 0.6 is 0 Å². The van der Waals surface area contributed by atoms with Crippen LogP contribution < -0.4 is 5.32 Å². The molecule has 4 heteroatoms. The summed E-state index contributed by atoms with van der Waals surface area (Å²) in [5.41, 5.74) is -0.470. The van der Waals surface area contributed by atoms with Crippen LogP contribution in [0.5, 0.6) is 0 Å². The van der Waals surface area contributed by atoms with Gasteiger partial charge in [0.15, 0.2) is 0 Å². The highest BCUT2D eigenvalue weighted by atomic mass is 16.5. The average Bonchev–Trinajstić information content (AvgIpc) is 2.78. The molecule has 0 radical (unpaired) electrons. The highest BCUT2D eigenvalue weighted by Crippen LogP contribution is 2.19. The third-order valence-corrected chi connectivity index (χ3v) is 3.28. The summed E-state index contributed by atoms with van der Waals surface area (Å²) in [6, 6.07) is 0.381. The maximum Gasteiger partial charge on any atom is 0.312 e. The normalized spacial score (nSPS) is 23.1. The molecule has 1 aliphatic rings. The van der Waals surface area contributed by atoms with E-state index in [2.05, 4.69) is 12.2 Å². The molecule has 1 N–H and O–H groups in total. The molecule has 16 heavy (non-hydrogen) atoms. The van der Waals surface area contributed by atoms with E-state index in [0.29, 0.717) is 18.5 Å². The fourth-order valence-electron chi connectivity index (χ4n) is 1.88. The zero-order chi connectivity index (χ0) is 12.2. The molecule has 2 atom stereocenters. The maximum absolute atomic E-state index is 11.5. The van der Waals surface area contributed by atoms with Gasteiger partial charge < -0.3 is 14.8 Å². The lowest BCUT2D eigenvalue weighted by Gasteiger charge is -2.26. The molecule has 0 spiro atoms. The lowest BCUT2D eigenvalue weighted by Crippen LogP contribution is -2.43. The lowest BCUT2D eigenvalue weighted by atomic mass is 9.92. The Morgan fingerprint density at radius 3 is 2.81 bits per heavy atom. The minimum Gasteiger partial charge on any atom is -0.469 e. The predicted molar refractivity (Wildman–Crippen MR) is 62.2 cm³/mol. The van der Waals surface area contributed by atoms with Crippen molar-refractivity contribution in [2.24, 2.45) is 11.3 Å². The Labute approximate surface area is 97.7 Å². The van der Waals surface area contributed by atoms with Crippen LogP contribution in [0, 0.1) is 11.3 Å². The summed E-state index contributed by atoms with van der Waals surface area (Å²) in [4.78, 5) is 11.5. The van der Waals surface area contributed by atoms with Crippen molar-refractivity contribution in [3.63, 3.8) is 0 Å². The van der Waals surface area contributed by atoms with E-state index in [1.54, 1.807) is 0 Å². The number of rotatable bonds is 5. The quantitative estimate of drug-likeness (QED) is 0.720. The topological polar surface area (TPSA) is 47.6 Å². The van der Waals surface area contributed by atoms with Crippen molar-refractivity contribution in [1.82, 2.24) is 5.32 Å². The van der Waals surface area contributed by atoms with Crippen molar-refractivity contribution in [2.75, 3.05) is 26.9 Å². The summed E-state index contributed by atoms with van der Waals surface area (Å²) in [7, 11) is 1.43. The summed E-state index contributed by atoms with van der Waals surface area (Å²) >= 11 is 0. The van der Waals surface area contributed by atoms with Gasteiger partial charge >= 0.3 is 5.97 Å². The Hall–Kier alpha value is -0.610. The van der Waals surface area contributed by atoms with E-state index in [4.69, 9.17) is 9.47 Å². The van der Waals surface area contributed by atoms with Gasteiger partial charge in [-0.3, -0.25) is 4.79 Å². The standard InChI is InChI=1S/C12H23NO3/c1-9(10-5-6-16-7-10)13-8-12(2,3)11(14)15-4/h9-10,13H,5-8H2,1-4H3. The second-order valence-corrected chi connectivity index (χ2v) is 5.17. The zero-order valence-corrected chi connectivity index (χ0v) is 10.7. The van der Waals surface area contributed by atoms with Gasteiger partial charge in [0.05, 0.1) is 19.1 Å². The molecule has 1 heterocycles. The molecule has 0 aromatic heterocycles. The summed E-state index contributed by atoms with van der Waals surface area (Å²) in [5.74, 6) is 0.392. The van der Waals surface area contributed by atoms with Gasteiger partial charge in [0.25, 0.3) is 0 Å². The van der Waals surface area contributed by atoms with Gasteiger partial charge in [0.1, 0.15) is 0 Å². The van der Waals surface area contributed by atoms with Gasteiger partial charge in [-0.2, -0.15) is 0 Å². The molecule has 0 aliphatic carbocycles. The van der Waals surface area contributed by atoms with Gasteiger partial charge in [0.2, 0.25) is 0 Å². The van der Waals surface area contributed by atoms with Crippen molar-refractivity contribution in [3.05, 3.63) is 0 Å². The molecule has 94 valence electrons. The Balaban J connectivity index is 2.35. The molecule has 0 bridgehead atoms. The fourth-order valence-corrected chi connectivity index (χ4v) is 1.88. The maximum atomic E-state index is 11.5. The highest BCUT2D eigenvalue weighted by molar-refractivity contribution is 5.76. The monoisotopic (exact) mass is 229 g/mol. The van der Waals surface area contributed by atoms with Crippen LogP contribution in [-0.2, 0) is 14.3 Å². The zero-order valence-electron chi connectivity index (χ0n) is 10.7. The van der Waals surface area contributed by atoms with Crippen LogP contribution in [-0.4, -0.2) is 38.9 Å². The van der Waals surface area contributed by atoms with Gasteiger partial charge in [-0.15, -0.1) is 0 Å². The van der Waals surface area contributed by atoms with E-state index >= 15 is 0 Å². The summed E-state index contributed by atoms with van der Waals surface area (Å²) in [6.45, 7) is 8.25. The van der Waals surface area contributed by atoms with E-state index in [9.17, 15) is 4.79 Å². The molecule has 0 saturated carbocycles. The third-order valence-electron chi connectivity index (χ3n) is 3.28. The summed E-state index contributed by atoms with van der Waals surface area (Å²) in [6.07, 6.45) is 1.10. The number of carbonyl (C=O) groups is 1. The van der Waals surface area contributed by atoms with Gasteiger partial charge in [-0.05, 0) is 33.1 Å². The van der Waals surface area contributed by atoms with E-state index < -0.39 is 5.41 Å². The fraction of sp³-hybridized carbons (Fsp3) is 0.917. The average molecular weight is 229 g/mol. The van der Waals surface area contributed by atoms with Crippen LogP contribution in [0.15, 0.2) is 0 Å². The number of methoxy groups -OCH3 is 1. The molecule has 1 aliphatic heterocycles. The molecule has 2 unspecified atom stereocenters. The number of hydrogen-bond acceptors (Lipinski definition) is 4. The predicted octanol–water partition coefficient (Wildman–Crippen LogP) is 1.20. The van der Waals surface area contributed by atoms with Crippen LogP contribution in [0.1, 0.15) is 27.2 Å². The lowest BCUT2D eigenvalue weighted by molar-refractivity contribution is -0.150. The minimum atomic E-state index is -0.470. The summed E-state index contributed by atoms with van der Waals surface area (Å²) in [5, 5.41) is 3.40. The number of carbonyl (C=O) groups excluding carboxylic acids is 1. The van der Waals surface area contributed by atoms with Crippen molar-refractivity contribution in [3.8, 4) is 0 Å². The SMILES string of the molecule is COC(=O)C(C)(C)CNC(C)C1CCOC1. The molecule has 0 amide bonds. The Morgan fingerprint density at radius 2 is 2.31 bits per heavy atom. The largest absolute Gasteiger partial charge is 0.469 e. The van der Waals surface area contributed by atoms with Crippen molar-refractivity contribution in [1.29, 1.82) is 0 Å². The Morgan fingerprint density at radius 1 is 1.62 bits per heavy atom. The first-order valence-electron chi connectivity index (χ1n) is 5.87. The Kier molecular flexibility index (Phi) is 4.74. The molecular formula is C12H23NO3.